The summed E-state index contributed by atoms with van der Waals surface area (Å²) in [5, 5.41) is 9.45. The van der Waals surface area contributed by atoms with E-state index in [1.54, 1.807) is 18.3 Å². The molecule has 0 fully saturated rings. The Kier molecular flexibility index (Phi) is 4.63. The van der Waals surface area contributed by atoms with Gasteiger partial charge >= 0.3 is 5.97 Å². The van der Waals surface area contributed by atoms with Crippen molar-refractivity contribution in [2.75, 3.05) is 14.2 Å². The largest absolute Gasteiger partial charge is 0.480 e. The Morgan fingerprint density at radius 3 is 2.39 bits per heavy atom. The Bertz CT molecular complexity index is 394. The number of carboxylic acids is 1. The highest BCUT2D eigenvalue weighted by atomic mass is 16.7. The quantitative estimate of drug-likeness (QED) is 0.559. The maximum absolute atomic E-state index is 11.9. The maximum atomic E-state index is 11.9. The molecule has 1 aromatic heterocycles. The van der Waals surface area contributed by atoms with Crippen molar-refractivity contribution in [3.8, 4) is 0 Å². The summed E-state index contributed by atoms with van der Waals surface area (Å²) in [5.74, 6) is -1.70. The number of aromatic nitrogens is 1. The average Bonchev–Trinajstić information content (AvgIpc) is 2.84. The second kappa shape index (κ2) is 5.79. The summed E-state index contributed by atoms with van der Waals surface area (Å²) in [4.78, 5) is 26.2. The van der Waals surface area contributed by atoms with E-state index >= 15 is 0 Å². The van der Waals surface area contributed by atoms with Gasteiger partial charge in [0.15, 0.2) is 17.5 Å². The molecule has 1 aromatic rings. The van der Waals surface area contributed by atoms with Crippen LogP contribution in [0.1, 0.15) is 19.0 Å². The molecule has 0 aliphatic heterocycles. The van der Waals surface area contributed by atoms with Crippen molar-refractivity contribution in [1.29, 1.82) is 0 Å². The second-order valence-electron chi connectivity index (χ2n) is 3.96. The molecule has 0 saturated carbocycles. The van der Waals surface area contributed by atoms with Crippen LogP contribution < -0.4 is 0 Å². The minimum atomic E-state index is -1.68. The van der Waals surface area contributed by atoms with E-state index in [0.29, 0.717) is 5.69 Å². The van der Waals surface area contributed by atoms with Crippen molar-refractivity contribution in [3.05, 3.63) is 24.0 Å². The molecule has 0 spiro atoms. The predicted molar refractivity (Wildman–Crippen MR) is 63.2 cm³/mol. The third-order valence-corrected chi connectivity index (χ3v) is 3.02. The minimum absolute atomic E-state index is 0.0921. The molecular formula is C12H17NO5. The van der Waals surface area contributed by atoms with Gasteiger partial charge in [0.1, 0.15) is 0 Å². The number of ketones is 1. The zero-order valence-electron chi connectivity index (χ0n) is 10.6. The van der Waals surface area contributed by atoms with Gasteiger partial charge in [-0.15, -0.1) is 0 Å². The number of carboxylic acid groups (broad SMARTS) is 1. The molecule has 6 heteroatoms. The van der Waals surface area contributed by atoms with Crippen LogP contribution in [-0.4, -0.2) is 42.4 Å². The van der Waals surface area contributed by atoms with Crippen LogP contribution in [-0.2, 0) is 24.5 Å². The zero-order valence-corrected chi connectivity index (χ0v) is 10.6. The summed E-state index contributed by atoms with van der Waals surface area (Å²) in [7, 11) is 2.80. The standard InChI is InChI=1S/C12H17NO5/c1-8(14)12(11(15)16,7-10(17-2)18-3)9-5-4-6-13-9/h4-6,10,13H,7H2,1-3H3,(H,15,16). The third kappa shape index (κ3) is 2.44. The third-order valence-electron chi connectivity index (χ3n) is 3.02. The normalized spacial score (nSPS) is 14.4. The van der Waals surface area contributed by atoms with Crippen molar-refractivity contribution in [2.24, 2.45) is 0 Å². The first-order chi connectivity index (χ1) is 8.48. The summed E-state index contributed by atoms with van der Waals surface area (Å²) in [6.45, 7) is 1.25. The summed E-state index contributed by atoms with van der Waals surface area (Å²) in [6.07, 6.45) is 0.712. The number of aliphatic carboxylic acids is 1. The molecule has 0 aliphatic rings. The first-order valence-electron chi connectivity index (χ1n) is 5.43. The van der Waals surface area contributed by atoms with E-state index in [4.69, 9.17) is 9.47 Å². The number of ether oxygens (including phenoxy) is 2. The lowest BCUT2D eigenvalue weighted by molar-refractivity contribution is -0.159. The van der Waals surface area contributed by atoms with Gasteiger partial charge in [-0.2, -0.15) is 0 Å². The molecule has 0 saturated heterocycles. The number of Topliss-reactive ketones (excluding diaryl/α,β-unsaturated/α-hetero) is 1. The summed E-state index contributed by atoms with van der Waals surface area (Å²) in [5.41, 5.74) is -1.36. The van der Waals surface area contributed by atoms with Crippen LogP contribution in [0.15, 0.2) is 18.3 Å². The molecule has 6 nitrogen and oxygen atoms in total. The first-order valence-corrected chi connectivity index (χ1v) is 5.43. The monoisotopic (exact) mass is 255 g/mol. The first kappa shape index (κ1) is 14.4. The lowest BCUT2D eigenvalue weighted by atomic mass is 9.77. The van der Waals surface area contributed by atoms with Crippen LogP contribution in [0.2, 0.25) is 0 Å². The summed E-state index contributed by atoms with van der Waals surface area (Å²) in [6, 6.07) is 3.21. The maximum Gasteiger partial charge on any atom is 0.323 e. The molecule has 100 valence electrons. The van der Waals surface area contributed by atoms with Crippen LogP contribution in [0.4, 0.5) is 0 Å². The van der Waals surface area contributed by atoms with Crippen LogP contribution in [0.3, 0.4) is 0 Å². The Morgan fingerprint density at radius 1 is 1.44 bits per heavy atom. The summed E-state index contributed by atoms with van der Waals surface area (Å²) >= 11 is 0. The lowest BCUT2D eigenvalue weighted by Crippen LogP contribution is -2.46. The van der Waals surface area contributed by atoms with Crippen LogP contribution in [0, 0.1) is 0 Å². The van der Waals surface area contributed by atoms with E-state index in [-0.39, 0.29) is 6.42 Å². The smallest absolute Gasteiger partial charge is 0.323 e. The second-order valence-corrected chi connectivity index (χ2v) is 3.96. The van der Waals surface area contributed by atoms with Gasteiger partial charge in [-0.25, -0.2) is 0 Å². The van der Waals surface area contributed by atoms with Gasteiger partial charge in [0, 0.05) is 32.5 Å². The SMILES string of the molecule is COC(CC(C(C)=O)(C(=O)O)c1ccc[nH]1)OC. The number of nitrogens with one attached hydrogen (secondary N) is 1. The number of carbonyl (C=O) groups excluding carboxylic acids is 1. The van der Waals surface area contributed by atoms with Crippen molar-refractivity contribution in [2.45, 2.75) is 25.0 Å². The molecule has 18 heavy (non-hydrogen) atoms. The van der Waals surface area contributed by atoms with Gasteiger partial charge < -0.3 is 19.6 Å². The topological polar surface area (TPSA) is 88.6 Å². The van der Waals surface area contributed by atoms with E-state index in [0.717, 1.165) is 0 Å². The van der Waals surface area contributed by atoms with Gasteiger partial charge in [0.05, 0.1) is 0 Å². The molecule has 0 aromatic carbocycles. The molecular weight excluding hydrogens is 238 g/mol. The van der Waals surface area contributed by atoms with Gasteiger partial charge in [0.2, 0.25) is 0 Å². The number of carbonyl (C=O) groups is 2. The number of rotatable bonds is 7. The van der Waals surface area contributed by atoms with Gasteiger partial charge in [-0.1, -0.05) is 0 Å². The van der Waals surface area contributed by atoms with Crippen LogP contribution in [0.25, 0.3) is 0 Å². The van der Waals surface area contributed by atoms with Crippen molar-refractivity contribution in [1.82, 2.24) is 4.98 Å². The Hall–Kier alpha value is -1.66. The molecule has 0 aliphatic carbocycles. The Balaban J connectivity index is 3.23. The Morgan fingerprint density at radius 2 is 2.06 bits per heavy atom. The summed E-state index contributed by atoms with van der Waals surface area (Å²) < 4.78 is 10.0. The lowest BCUT2D eigenvalue weighted by Gasteiger charge is -2.28. The fourth-order valence-corrected chi connectivity index (χ4v) is 1.91. The molecule has 0 amide bonds. The van der Waals surface area contributed by atoms with E-state index in [1.165, 1.54) is 21.1 Å². The molecule has 1 unspecified atom stereocenters. The number of H-pyrrole nitrogens is 1. The van der Waals surface area contributed by atoms with Gasteiger partial charge in [0.25, 0.3) is 0 Å². The highest BCUT2D eigenvalue weighted by molar-refractivity contribution is 6.07. The van der Waals surface area contributed by atoms with Crippen molar-refractivity contribution in [3.63, 3.8) is 0 Å². The van der Waals surface area contributed by atoms with E-state index in [9.17, 15) is 14.7 Å². The number of hydrogen-bond acceptors (Lipinski definition) is 4. The number of methoxy groups -OCH3 is 2. The van der Waals surface area contributed by atoms with Gasteiger partial charge in [-0.3, -0.25) is 9.59 Å². The minimum Gasteiger partial charge on any atom is -0.480 e. The number of hydrogen-bond donors (Lipinski definition) is 2. The number of aromatic amines is 1. The molecule has 2 N–H and O–H groups in total. The highest BCUT2D eigenvalue weighted by Crippen LogP contribution is 2.31. The molecule has 1 atom stereocenters. The zero-order chi connectivity index (χ0) is 13.8. The fourth-order valence-electron chi connectivity index (χ4n) is 1.91. The Labute approximate surface area is 105 Å². The van der Waals surface area contributed by atoms with E-state index in [1.807, 2.05) is 0 Å². The van der Waals surface area contributed by atoms with Crippen molar-refractivity contribution < 1.29 is 24.2 Å². The van der Waals surface area contributed by atoms with Crippen LogP contribution >= 0.6 is 0 Å². The van der Waals surface area contributed by atoms with E-state index < -0.39 is 23.5 Å². The molecule has 1 rings (SSSR count). The molecule has 0 bridgehead atoms. The van der Waals surface area contributed by atoms with E-state index in [2.05, 4.69) is 4.98 Å². The van der Waals surface area contributed by atoms with Gasteiger partial charge in [-0.05, 0) is 19.1 Å². The average molecular weight is 255 g/mol. The molecule has 0 radical (unpaired) electrons. The van der Waals surface area contributed by atoms with Crippen molar-refractivity contribution >= 4 is 11.8 Å². The molecule has 1 heterocycles. The van der Waals surface area contributed by atoms with Crippen LogP contribution in [0.5, 0.6) is 0 Å². The highest BCUT2D eigenvalue weighted by Gasteiger charge is 2.48. The fraction of sp³-hybridized carbons (Fsp3) is 0.500. The predicted octanol–water partition coefficient (Wildman–Crippen LogP) is 0.935.